The highest BCUT2D eigenvalue weighted by Gasteiger charge is 2.41. The highest BCUT2D eigenvalue weighted by atomic mass is 32.2. The number of phenols is 2. The molecule has 0 atom stereocenters. The van der Waals surface area contributed by atoms with E-state index in [1.807, 2.05) is 0 Å². The van der Waals surface area contributed by atoms with Gasteiger partial charge >= 0.3 is 0 Å². The number of carbonyl (C=O) groups excluding carboxylic acids is 2. The Balaban J connectivity index is 2.50. The molecule has 0 saturated heterocycles. The van der Waals surface area contributed by atoms with Crippen molar-refractivity contribution in [2.24, 2.45) is 0 Å². The highest BCUT2D eigenvalue weighted by Crippen LogP contribution is 2.45. The normalized spacial score (nSPS) is 14.0. The van der Waals surface area contributed by atoms with Crippen LogP contribution in [0.5, 0.6) is 11.5 Å². The van der Waals surface area contributed by atoms with E-state index in [0.29, 0.717) is 12.1 Å². The number of ketones is 2. The predicted octanol–water partition coefficient (Wildman–Crippen LogP) is 0.944. The molecular weight excluding hydrogens is 456 g/mol. The molecule has 1 aliphatic carbocycles. The number of aromatic hydroxyl groups is 2. The molecule has 0 unspecified atom stereocenters. The molecule has 2 aromatic rings. The molecule has 10 nitrogen and oxygen atoms in total. The van der Waals surface area contributed by atoms with Gasteiger partial charge in [-0.2, -0.15) is 16.8 Å². The Morgan fingerprint density at radius 3 is 1.18 bits per heavy atom. The Morgan fingerprint density at radius 1 is 0.643 bits per heavy atom. The van der Waals surface area contributed by atoms with Gasteiger partial charge in [-0.15, -0.1) is 25.3 Å². The quantitative estimate of drug-likeness (QED) is 0.236. The second-order valence-electron chi connectivity index (χ2n) is 5.59. The number of rotatable bonds is 2. The van der Waals surface area contributed by atoms with Crippen LogP contribution in [0.15, 0.2) is 31.7 Å². The van der Waals surface area contributed by atoms with Crippen LogP contribution >= 0.6 is 25.3 Å². The Morgan fingerprint density at radius 2 is 0.929 bits per heavy atom. The first kappa shape index (κ1) is 20.6. The molecule has 0 fully saturated rings. The topological polar surface area (TPSA) is 183 Å². The number of phenolic OH excluding ortho intramolecular Hbond substituents is 2. The summed E-state index contributed by atoms with van der Waals surface area (Å²) in [5.74, 6) is -4.84. The Labute approximate surface area is 168 Å². The van der Waals surface area contributed by atoms with E-state index in [9.17, 15) is 45.7 Å². The Kier molecular flexibility index (Phi) is 4.57. The van der Waals surface area contributed by atoms with E-state index in [1.54, 1.807) is 0 Å². The van der Waals surface area contributed by atoms with E-state index >= 15 is 0 Å². The second kappa shape index (κ2) is 6.20. The van der Waals surface area contributed by atoms with Gasteiger partial charge in [0, 0.05) is 9.79 Å². The van der Waals surface area contributed by atoms with Crippen LogP contribution < -0.4 is 0 Å². The van der Waals surface area contributed by atoms with Crippen molar-refractivity contribution in [1.29, 1.82) is 0 Å². The van der Waals surface area contributed by atoms with Crippen molar-refractivity contribution < 1.29 is 45.7 Å². The first-order valence-corrected chi connectivity index (χ1v) is 10.7. The minimum absolute atomic E-state index is 0.457. The van der Waals surface area contributed by atoms with Gasteiger partial charge < -0.3 is 10.2 Å². The number of hydrogen-bond acceptors (Lipinski definition) is 10. The maximum atomic E-state index is 12.8. The van der Waals surface area contributed by atoms with Gasteiger partial charge in [-0.05, 0) is 12.1 Å². The average Bonchev–Trinajstić information content (AvgIpc) is 2.53. The van der Waals surface area contributed by atoms with Gasteiger partial charge in [-0.3, -0.25) is 18.7 Å². The molecule has 14 heteroatoms. The van der Waals surface area contributed by atoms with Crippen molar-refractivity contribution >= 4 is 57.1 Å². The number of fused-ring (bicyclic) bond motifs is 2. The van der Waals surface area contributed by atoms with E-state index in [-0.39, 0.29) is 0 Å². The summed E-state index contributed by atoms with van der Waals surface area (Å²) in [4.78, 5) is 22.6. The van der Waals surface area contributed by atoms with Crippen molar-refractivity contribution in [2.45, 2.75) is 19.6 Å². The summed E-state index contributed by atoms with van der Waals surface area (Å²) in [5.41, 5.74) is -2.93. The predicted molar refractivity (Wildman–Crippen MR) is 97.2 cm³/mol. The maximum absolute atomic E-state index is 12.8. The molecule has 0 saturated carbocycles. The van der Waals surface area contributed by atoms with E-state index in [1.165, 1.54) is 0 Å². The van der Waals surface area contributed by atoms with Gasteiger partial charge in [0.1, 0.15) is 21.3 Å². The third-order valence-electron chi connectivity index (χ3n) is 3.95. The van der Waals surface area contributed by atoms with Gasteiger partial charge in [0.15, 0.2) is 11.6 Å². The van der Waals surface area contributed by atoms with Crippen molar-refractivity contribution in [3.63, 3.8) is 0 Å². The number of carbonyl (C=O) groups is 2. The summed E-state index contributed by atoms with van der Waals surface area (Å²) in [5, 5.41) is 20.4. The first-order valence-electron chi connectivity index (χ1n) is 6.90. The van der Waals surface area contributed by atoms with Crippen molar-refractivity contribution in [3.05, 3.63) is 34.4 Å². The lowest BCUT2D eigenvalue weighted by Crippen LogP contribution is -2.24. The van der Waals surface area contributed by atoms with Gasteiger partial charge in [0.2, 0.25) is 0 Å². The maximum Gasteiger partial charge on any atom is 0.298 e. The monoisotopic (exact) mass is 464 g/mol. The molecule has 0 aliphatic heterocycles. The molecular formula is C14H8O10S4. The van der Waals surface area contributed by atoms with Gasteiger partial charge in [-0.25, -0.2) is 0 Å². The van der Waals surface area contributed by atoms with Crippen molar-refractivity contribution in [3.8, 4) is 11.5 Å². The van der Waals surface area contributed by atoms with Crippen LogP contribution in [-0.4, -0.2) is 47.7 Å². The SMILES string of the molecule is O=C1c2c(S)cc(S(=O)(=O)O)c(O)c2C(=O)c2c(S)cc(S(=O)(=O)O)c(O)c21. The Bertz CT molecular complexity index is 1220. The smallest absolute Gasteiger partial charge is 0.298 e. The summed E-state index contributed by atoms with van der Waals surface area (Å²) < 4.78 is 64.1. The van der Waals surface area contributed by atoms with Gasteiger partial charge in [0.05, 0.1) is 22.3 Å². The largest absolute Gasteiger partial charge is 0.506 e. The molecule has 28 heavy (non-hydrogen) atoms. The summed E-state index contributed by atoms with van der Waals surface area (Å²) in [7, 11) is -9.99. The number of thiol groups is 2. The minimum atomic E-state index is -5.00. The molecule has 0 heterocycles. The highest BCUT2D eigenvalue weighted by molar-refractivity contribution is 7.86. The zero-order chi connectivity index (χ0) is 21.3. The molecule has 0 radical (unpaired) electrons. The minimum Gasteiger partial charge on any atom is -0.506 e. The lowest BCUT2D eigenvalue weighted by atomic mass is 9.83. The van der Waals surface area contributed by atoms with Crippen LogP contribution in [0.2, 0.25) is 0 Å². The lowest BCUT2D eigenvalue weighted by molar-refractivity contribution is 0.0968. The van der Waals surface area contributed by atoms with Crippen LogP contribution in [0.3, 0.4) is 0 Å². The zero-order valence-corrected chi connectivity index (χ0v) is 16.5. The molecule has 0 amide bonds. The molecule has 148 valence electrons. The molecule has 1 aliphatic rings. The van der Waals surface area contributed by atoms with Crippen LogP contribution in [0.25, 0.3) is 0 Å². The third-order valence-corrected chi connectivity index (χ3v) is 6.39. The fourth-order valence-electron chi connectivity index (χ4n) is 2.81. The number of benzene rings is 2. The number of hydrogen-bond donors (Lipinski definition) is 6. The van der Waals surface area contributed by atoms with Crippen molar-refractivity contribution in [1.82, 2.24) is 0 Å². The van der Waals surface area contributed by atoms with Crippen LogP contribution in [-0.2, 0) is 20.2 Å². The fraction of sp³-hybridized carbons (Fsp3) is 0. The summed E-state index contributed by atoms with van der Waals surface area (Å²) in [6.45, 7) is 0. The first-order chi connectivity index (χ1) is 12.7. The van der Waals surface area contributed by atoms with E-state index in [2.05, 4.69) is 25.3 Å². The molecule has 3 rings (SSSR count). The van der Waals surface area contributed by atoms with Gasteiger partial charge in [0.25, 0.3) is 20.2 Å². The van der Waals surface area contributed by atoms with Crippen LogP contribution in [0, 0.1) is 0 Å². The molecule has 4 N–H and O–H groups in total. The molecule has 0 spiro atoms. The average molecular weight is 464 g/mol. The lowest BCUT2D eigenvalue weighted by Gasteiger charge is -2.23. The zero-order valence-electron chi connectivity index (χ0n) is 13.1. The Hall–Kier alpha value is -2.10. The van der Waals surface area contributed by atoms with E-state index < -0.39 is 85.1 Å². The summed E-state index contributed by atoms with van der Waals surface area (Å²) >= 11 is 7.78. The molecule has 0 bridgehead atoms. The molecule has 0 aromatic heterocycles. The molecule has 2 aromatic carbocycles. The summed E-state index contributed by atoms with van der Waals surface area (Å²) in [6.07, 6.45) is 0. The third kappa shape index (κ3) is 2.89. The van der Waals surface area contributed by atoms with Gasteiger partial charge in [-0.1, -0.05) is 0 Å². The second-order valence-corrected chi connectivity index (χ2v) is 9.34. The van der Waals surface area contributed by atoms with Crippen LogP contribution in [0.1, 0.15) is 31.8 Å². The van der Waals surface area contributed by atoms with Crippen LogP contribution in [0.4, 0.5) is 0 Å². The van der Waals surface area contributed by atoms with Crippen molar-refractivity contribution in [2.75, 3.05) is 0 Å². The van der Waals surface area contributed by atoms with E-state index in [4.69, 9.17) is 0 Å². The van der Waals surface area contributed by atoms with E-state index in [0.717, 1.165) is 0 Å². The fourth-order valence-corrected chi connectivity index (χ4v) is 4.90. The standard InChI is InChI=1S/C14H8O10S4/c15-11-5(27(19,20)21)1-3(25)7-9(11)14(18)8-4(26)2-6(28(22,23)24)12(16)10(8)13(7)17/h1-2,15-16,25-26H,(H,19,20,21)(H,22,23,24). The summed E-state index contributed by atoms with van der Waals surface area (Å²) in [6, 6.07) is 1.21.